The molecule has 1 atom stereocenters. The molecular formula is C6H9N3S. The van der Waals surface area contributed by atoms with Crippen molar-refractivity contribution in [3.8, 4) is 0 Å². The molecule has 1 aromatic heterocycles. The van der Waals surface area contributed by atoms with E-state index in [0.717, 1.165) is 0 Å². The first kappa shape index (κ1) is 7.21. The molecule has 10 heavy (non-hydrogen) atoms. The Hall–Kier alpha value is -0.900. The second-order valence-electron chi connectivity index (χ2n) is 2.09. The molecule has 0 bridgehead atoms. The molecule has 0 aliphatic rings. The molecule has 0 saturated carbocycles. The van der Waals surface area contributed by atoms with Crippen LogP contribution in [-0.2, 0) is 0 Å². The molecule has 0 aliphatic carbocycles. The van der Waals surface area contributed by atoms with Crippen LogP contribution in [0, 0.1) is 0 Å². The van der Waals surface area contributed by atoms with Gasteiger partial charge >= 0.3 is 0 Å². The highest BCUT2D eigenvalue weighted by Crippen LogP contribution is 2.02. The second-order valence-corrected chi connectivity index (χ2v) is 2.56. The Bertz CT molecular complexity index is 217. The molecule has 0 saturated heterocycles. The SMILES string of the molecule is CC(C(N)=S)n1ccnc1. The lowest BCUT2D eigenvalue weighted by Crippen LogP contribution is -2.20. The average molecular weight is 155 g/mol. The molecule has 3 nitrogen and oxygen atoms in total. The third-order valence-electron chi connectivity index (χ3n) is 1.38. The van der Waals surface area contributed by atoms with Crippen molar-refractivity contribution in [3.63, 3.8) is 0 Å². The summed E-state index contributed by atoms with van der Waals surface area (Å²) in [4.78, 5) is 4.36. The summed E-state index contributed by atoms with van der Waals surface area (Å²) in [6.45, 7) is 1.93. The molecule has 1 aromatic rings. The van der Waals surface area contributed by atoms with Gasteiger partial charge in [-0.05, 0) is 6.92 Å². The monoisotopic (exact) mass is 155 g/mol. The van der Waals surface area contributed by atoms with Crippen LogP contribution in [-0.4, -0.2) is 14.5 Å². The topological polar surface area (TPSA) is 43.8 Å². The van der Waals surface area contributed by atoms with Gasteiger partial charge in [-0.3, -0.25) is 0 Å². The molecular weight excluding hydrogens is 146 g/mol. The Morgan fingerprint density at radius 3 is 2.90 bits per heavy atom. The minimum atomic E-state index is 0.0671. The number of hydrogen-bond acceptors (Lipinski definition) is 2. The Labute approximate surface area is 64.9 Å². The van der Waals surface area contributed by atoms with Crippen LogP contribution >= 0.6 is 12.2 Å². The third kappa shape index (κ3) is 1.33. The standard InChI is InChI=1S/C6H9N3S/c1-5(6(7)10)9-3-2-8-4-9/h2-5H,1H3,(H2,7,10). The van der Waals surface area contributed by atoms with E-state index in [4.69, 9.17) is 18.0 Å². The van der Waals surface area contributed by atoms with Crippen LogP contribution in [0.25, 0.3) is 0 Å². The quantitative estimate of drug-likeness (QED) is 0.640. The van der Waals surface area contributed by atoms with Crippen molar-refractivity contribution in [2.24, 2.45) is 5.73 Å². The molecule has 4 heteroatoms. The first-order valence-electron chi connectivity index (χ1n) is 2.98. The van der Waals surface area contributed by atoms with E-state index in [2.05, 4.69) is 4.98 Å². The van der Waals surface area contributed by atoms with Crippen LogP contribution in [0.2, 0.25) is 0 Å². The van der Waals surface area contributed by atoms with Crippen molar-refractivity contribution in [1.29, 1.82) is 0 Å². The van der Waals surface area contributed by atoms with Gasteiger partial charge in [0.1, 0.15) is 0 Å². The van der Waals surface area contributed by atoms with Crippen LogP contribution in [0.4, 0.5) is 0 Å². The van der Waals surface area contributed by atoms with E-state index >= 15 is 0 Å². The van der Waals surface area contributed by atoms with Crippen molar-refractivity contribution in [1.82, 2.24) is 9.55 Å². The maximum Gasteiger partial charge on any atom is 0.0957 e. The molecule has 0 fully saturated rings. The second kappa shape index (κ2) is 2.79. The fraction of sp³-hybridized carbons (Fsp3) is 0.333. The Kier molecular flexibility index (Phi) is 2.01. The number of hydrogen-bond donors (Lipinski definition) is 1. The van der Waals surface area contributed by atoms with Crippen molar-refractivity contribution in [2.75, 3.05) is 0 Å². The molecule has 54 valence electrons. The summed E-state index contributed by atoms with van der Waals surface area (Å²) in [5.41, 5.74) is 5.41. The highest BCUT2D eigenvalue weighted by atomic mass is 32.1. The summed E-state index contributed by atoms with van der Waals surface area (Å²) in [7, 11) is 0. The van der Waals surface area contributed by atoms with Gasteiger partial charge in [-0.25, -0.2) is 4.98 Å². The van der Waals surface area contributed by atoms with Gasteiger partial charge in [0.2, 0.25) is 0 Å². The summed E-state index contributed by atoms with van der Waals surface area (Å²) in [5, 5.41) is 0. The molecule has 1 heterocycles. The van der Waals surface area contributed by atoms with Crippen molar-refractivity contribution in [3.05, 3.63) is 18.7 Å². The molecule has 0 amide bonds. The van der Waals surface area contributed by atoms with Gasteiger partial charge in [0, 0.05) is 12.4 Å². The molecule has 0 aromatic carbocycles. The Morgan fingerprint density at radius 1 is 1.80 bits per heavy atom. The first-order chi connectivity index (χ1) is 4.72. The predicted octanol–water partition coefficient (Wildman–Crippen LogP) is 0.730. The van der Waals surface area contributed by atoms with Gasteiger partial charge in [0.15, 0.2) is 0 Å². The van der Waals surface area contributed by atoms with E-state index < -0.39 is 0 Å². The highest BCUT2D eigenvalue weighted by molar-refractivity contribution is 7.80. The number of thiocarbonyl (C=S) groups is 1. The van der Waals surface area contributed by atoms with Crippen LogP contribution in [0.1, 0.15) is 13.0 Å². The number of rotatable bonds is 2. The van der Waals surface area contributed by atoms with Crippen LogP contribution in [0.15, 0.2) is 18.7 Å². The number of nitrogens with zero attached hydrogens (tertiary/aromatic N) is 2. The summed E-state index contributed by atoms with van der Waals surface area (Å²) < 4.78 is 1.86. The molecule has 0 radical (unpaired) electrons. The van der Waals surface area contributed by atoms with E-state index in [0.29, 0.717) is 4.99 Å². The zero-order valence-electron chi connectivity index (χ0n) is 5.69. The number of aromatic nitrogens is 2. The maximum atomic E-state index is 5.41. The third-order valence-corrected chi connectivity index (χ3v) is 1.72. The maximum absolute atomic E-state index is 5.41. The Morgan fingerprint density at radius 2 is 2.50 bits per heavy atom. The van der Waals surface area contributed by atoms with Gasteiger partial charge in [-0.15, -0.1) is 0 Å². The molecule has 1 unspecified atom stereocenters. The molecule has 0 spiro atoms. The number of nitrogens with two attached hydrogens (primary N) is 1. The first-order valence-corrected chi connectivity index (χ1v) is 3.39. The van der Waals surface area contributed by atoms with E-state index in [-0.39, 0.29) is 6.04 Å². The molecule has 0 aliphatic heterocycles. The lowest BCUT2D eigenvalue weighted by atomic mass is 10.3. The molecule has 1 rings (SSSR count). The van der Waals surface area contributed by atoms with E-state index in [1.807, 2.05) is 17.7 Å². The molecule has 2 N–H and O–H groups in total. The summed E-state index contributed by atoms with van der Waals surface area (Å²) in [5.74, 6) is 0. The van der Waals surface area contributed by atoms with Crippen LogP contribution < -0.4 is 5.73 Å². The van der Waals surface area contributed by atoms with Crippen LogP contribution in [0.5, 0.6) is 0 Å². The predicted molar refractivity (Wildman–Crippen MR) is 43.7 cm³/mol. The van der Waals surface area contributed by atoms with Crippen molar-refractivity contribution >= 4 is 17.2 Å². The summed E-state index contributed by atoms with van der Waals surface area (Å²) >= 11 is 4.80. The highest BCUT2D eigenvalue weighted by Gasteiger charge is 2.04. The van der Waals surface area contributed by atoms with E-state index in [1.54, 1.807) is 12.5 Å². The summed E-state index contributed by atoms with van der Waals surface area (Å²) in [6.07, 6.45) is 5.24. The average Bonchev–Trinajstić information content (AvgIpc) is 2.36. The van der Waals surface area contributed by atoms with E-state index in [1.165, 1.54) is 0 Å². The fourth-order valence-corrected chi connectivity index (χ4v) is 0.767. The van der Waals surface area contributed by atoms with Gasteiger partial charge in [-0.1, -0.05) is 12.2 Å². The minimum Gasteiger partial charge on any atom is -0.392 e. The fourth-order valence-electron chi connectivity index (χ4n) is 0.645. The van der Waals surface area contributed by atoms with E-state index in [9.17, 15) is 0 Å². The smallest absolute Gasteiger partial charge is 0.0957 e. The normalized spacial score (nSPS) is 12.9. The largest absolute Gasteiger partial charge is 0.392 e. The van der Waals surface area contributed by atoms with Gasteiger partial charge in [0.25, 0.3) is 0 Å². The van der Waals surface area contributed by atoms with Gasteiger partial charge in [0.05, 0.1) is 17.4 Å². The van der Waals surface area contributed by atoms with Crippen molar-refractivity contribution < 1.29 is 0 Å². The van der Waals surface area contributed by atoms with Gasteiger partial charge in [-0.2, -0.15) is 0 Å². The Balaban J connectivity index is 2.77. The van der Waals surface area contributed by atoms with Crippen LogP contribution in [0.3, 0.4) is 0 Å². The number of imidazole rings is 1. The zero-order valence-corrected chi connectivity index (χ0v) is 6.51. The minimum absolute atomic E-state index is 0.0671. The zero-order chi connectivity index (χ0) is 7.56. The lowest BCUT2D eigenvalue weighted by Gasteiger charge is -2.09. The van der Waals surface area contributed by atoms with Gasteiger partial charge < -0.3 is 10.3 Å². The van der Waals surface area contributed by atoms with Crippen molar-refractivity contribution in [2.45, 2.75) is 13.0 Å². The lowest BCUT2D eigenvalue weighted by molar-refractivity contribution is 0.697. The summed E-state index contributed by atoms with van der Waals surface area (Å²) in [6, 6.07) is 0.0671.